The van der Waals surface area contributed by atoms with Gasteiger partial charge in [0.2, 0.25) is 5.88 Å². The van der Waals surface area contributed by atoms with Gasteiger partial charge in [0.15, 0.2) is 15.5 Å². The van der Waals surface area contributed by atoms with E-state index in [0.717, 1.165) is 6.26 Å². The largest absolute Gasteiger partial charge is 0.470 e. The molecule has 0 atom stereocenters. The molecule has 0 radical (unpaired) electrons. The summed E-state index contributed by atoms with van der Waals surface area (Å²) in [5, 5.41) is 13.8. The van der Waals surface area contributed by atoms with Crippen LogP contribution in [0.5, 0.6) is 5.88 Å². The molecule has 3 heterocycles. The van der Waals surface area contributed by atoms with Gasteiger partial charge in [-0.15, -0.1) is 0 Å². The van der Waals surface area contributed by atoms with Crippen molar-refractivity contribution in [1.29, 1.82) is 0 Å². The molecular formula is C16H15N5O5S. The molecule has 2 aromatic heterocycles. The quantitative estimate of drug-likeness (QED) is 0.699. The number of ether oxygens (including phenoxy) is 1. The molecule has 0 unspecified atom stereocenters. The van der Waals surface area contributed by atoms with E-state index in [1.54, 1.807) is 23.0 Å². The molecule has 1 aliphatic rings. The monoisotopic (exact) mass is 389 g/mol. The van der Waals surface area contributed by atoms with Crippen LogP contribution in [0.25, 0.3) is 16.7 Å². The topological polar surface area (TPSA) is 128 Å². The first-order valence-corrected chi connectivity index (χ1v) is 9.86. The van der Waals surface area contributed by atoms with Crippen LogP contribution in [0.2, 0.25) is 0 Å². The SMILES string of the molecule is CS(=O)(=O)c1ccc(-n2ncc3c(OC4CN(C(=O)O)C4)ncnc32)cc1. The van der Waals surface area contributed by atoms with E-state index in [4.69, 9.17) is 9.84 Å². The maximum absolute atomic E-state index is 11.6. The van der Waals surface area contributed by atoms with Crippen LogP contribution >= 0.6 is 0 Å². The van der Waals surface area contributed by atoms with E-state index in [1.165, 1.54) is 23.4 Å². The van der Waals surface area contributed by atoms with Crippen LogP contribution < -0.4 is 4.74 Å². The molecular weight excluding hydrogens is 374 g/mol. The molecule has 1 amide bonds. The fourth-order valence-electron chi connectivity index (χ4n) is 2.77. The minimum absolute atomic E-state index is 0.217. The summed E-state index contributed by atoms with van der Waals surface area (Å²) < 4.78 is 30.5. The van der Waals surface area contributed by atoms with Crippen LogP contribution in [-0.4, -0.2) is 69.7 Å². The van der Waals surface area contributed by atoms with Crippen LogP contribution in [0, 0.1) is 0 Å². The molecule has 11 heteroatoms. The smallest absolute Gasteiger partial charge is 0.407 e. The molecule has 1 aliphatic heterocycles. The number of nitrogens with zero attached hydrogens (tertiary/aromatic N) is 5. The predicted molar refractivity (Wildman–Crippen MR) is 93.8 cm³/mol. The molecule has 1 aromatic carbocycles. The van der Waals surface area contributed by atoms with Gasteiger partial charge in [-0.3, -0.25) is 0 Å². The number of amides is 1. The zero-order valence-electron chi connectivity index (χ0n) is 14.2. The number of hydrogen-bond donors (Lipinski definition) is 1. The van der Waals surface area contributed by atoms with Crippen molar-refractivity contribution in [3.63, 3.8) is 0 Å². The summed E-state index contributed by atoms with van der Waals surface area (Å²) in [6.45, 7) is 0.559. The lowest BCUT2D eigenvalue weighted by atomic mass is 10.2. The number of hydrogen-bond acceptors (Lipinski definition) is 7. The third kappa shape index (κ3) is 3.16. The van der Waals surface area contributed by atoms with Crippen LogP contribution in [0.3, 0.4) is 0 Å². The second kappa shape index (κ2) is 6.20. The summed E-state index contributed by atoms with van der Waals surface area (Å²) in [6, 6.07) is 6.29. The molecule has 140 valence electrons. The highest BCUT2D eigenvalue weighted by atomic mass is 32.2. The lowest BCUT2D eigenvalue weighted by molar-refractivity contribution is 0.0236. The van der Waals surface area contributed by atoms with Crippen molar-refractivity contribution in [2.45, 2.75) is 11.0 Å². The molecule has 1 fully saturated rings. The van der Waals surface area contributed by atoms with E-state index in [0.29, 0.717) is 22.6 Å². The molecule has 1 N–H and O–H groups in total. The van der Waals surface area contributed by atoms with Gasteiger partial charge in [-0.1, -0.05) is 0 Å². The van der Waals surface area contributed by atoms with E-state index in [-0.39, 0.29) is 24.1 Å². The number of benzene rings is 1. The van der Waals surface area contributed by atoms with Gasteiger partial charge in [0.25, 0.3) is 0 Å². The Morgan fingerprint density at radius 1 is 1.22 bits per heavy atom. The number of aromatic nitrogens is 4. The molecule has 0 saturated carbocycles. The lowest BCUT2D eigenvalue weighted by Crippen LogP contribution is -2.55. The van der Waals surface area contributed by atoms with Crippen LogP contribution in [-0.2, 0) is 9.84 Å². The Hall–Kier alpha value is -3.21. The highest BCUT2D eigenvalue weighted by molar-refractivity contribution is 7.90. The van der Waals surface area contributed by atoms with Crippen molar-refractivity contribution in [2.75, 3.05) is 19.3 Å². The van der Waals surface area contributed by atoms with Crippen molar-refractivity contribution in [3.8, 4) is 11.6 Å². The van der Waals surface area contributed by atoms with Crippen molar-refractivity contribution in [1.82, 2.24) is 24.6 Å². The highest BCUT2D eigenvalue weighted by Crippen LogP contribution is 2.26. The van der Waals surface area contributed by atoms with Crippen molar-refractivity contribution < 1.29 is 23.1 Å². The molecule has 0 spiro atoms. The number of fused-ring (bicyclic) bond motifs is 1. The standard InChI is InChI=1S/C16H15N5O5S/c1-27(24,25)12-4-2-10(3-5-12)21-14-13(6-19-21)15(18-9-17-14)26-11-7-20(8-11)16(22)23/h2-6,9,11H,7-8H2,1H3,(H,22,23). The first-order valence-electron chi connectivity index (χ1n) is 7.96. The third-order valence-corrected chi connectivity index (χ3v) is 5.36. The number of carbonyl (C=O) groups is 1. The van der Waals surface area contributed by atoms with E-state index < -0.39 is 15.9 Å². The third-order valence-electron chi connectivity index (χ3n) is 4.24. The second-order valence-electron chi connectivity index (χ2n) is 6.17. The number of likely N-dealkylation sites (tertiary alicyclic amines) is 1. The van der Waals surface area contributed by atoms with E-state index >= 15 is 0 Å². The Balaban J connectivity index is 1.62. The number of sulfone groups is 1. The number of rotatable bonds is 4. The fourth-order valence-corrected chi connectivity index (χ4v) is 3.40. The Morgan fingerprint density at radius 3 is 2.56 bits per heavy atom. The summed E-state index contributed by atoms with van der Waals surface area (Å²) in [5.74, 6) is 0.328. The summed E-state index contributed by atoms with van der Waals surface area (Å²) >= 11 is 0. The maximum atomic E-state index is 11.6. The molecule has 0 aliphatic carbocycles. The average Bonchev–Trinajstić information content (AvgIpc) is 3.01. The zero-order chi connectivity index (χ0) is 19.2. The molecule has 0 bridgehead atoms. The van der Waals surface area contributed by atoms with Gasteiger partial charge in [0, 0.05) is 6.26 Å². The van der Waals surface area contributed by atoms with Crippen molar-refractivity contribution in [3.05, 3.63) is 36.8 Å². The van der Waals surface area contributed by atoms with Crippen molar-refractivity contribution >= 4 is 27.0 Å². The highest BCUT2D eigenvalue weighted by Gasteiger charge is 2.33. The Bertz CT molecular complexity index is 1120. The normalized spacial score (nSPS) is 14.9. The summed E-state index contributed by atoms with van der Waals surface area (Å²) in [6.07, 6.45) is 2.80. The number of carboxylic acid groups (broad SMARTS) is 1. The van der Waals surface area contributed by atoms with Crippen LogP contribution in [0.4, 0.5) is 4.79 Å². The fraction of sp³-hybridized carbons (Fsp3) is 0.250. The molecule has 27 heavy (non-hydrogen) atoms. The van der Waals surface area contributed by atoms with Gasteiger partial charge in [-0.2, -0.15) is 5.10 Å². The second-order valence-corrected chi connectivity index (χ2v) is 8.18. The van der Waals surface area contributed by atoms with E-state index in [1.807, 2.05) is 0 Å². The summed E-state index contributed by atoms with van der Waals surface area (Å²) in [7, 11) is -3.28. The van der Waals surface area contributed by atoms with Crippen LogP contribution in [0.15, 0.2) is 41.7 Å². The minimum Gasteiger partial charge on any atom is -0.470 e. The Morgan fingerprint density at radius 2 is 1.93 bits per heavy atom. The van der Waals surface area contributed by atoms with Gasteiger partial charge >= 0.3 is 6.09 Å². The Labute approximate surface area is 153 Å². The van der Waals surface area contributed by atoms with Crippen LogP contribution in [0.1, 0.15) is 0 Å². The maximum Gasteiger partial charge on any atom is 0.407 e. The summed E-state index contributed by atoms with van der Waals surface area (Å²) in [5.41, 5.74) is 1.14. The molecule has 1 saturated heterocycles. The lowest BCUT2D eigenvalue weighted by Gasteiger charge is -2.36. The molecule has 4 rings (SSSR count). The van der Waals surface area contributed by atoms with E-state index in [9.17, 15) is 13.2 Å². The first-order chi connectivity index (χ1) is 12.8. The van der Waals surface area contributed by atoms with Gasteiger partial charge in [-0.25, -0.2) is 27.9 Å². The van der Waals surface area contributed by atoms with Gasteiger partial charge < -0.3 is 14.7 Å². The minimum atomic E-state index is -3.28. The van der Waals surface area contributed by atoms with E-state index in [2.05, 4.69) is 15.1 Å². The van der Waals surface area contributed by atoms with Crippen molar-refractivity contribution in [2.24, 2.45) is 0 Å². The Kier molecular flexibility index (Phi) is 3.95. The van der Waals surface area contributed by atoms with Gasteiger partial charge in [0.05, 0.1) is 29.9 Å². The van der Waals surface area contributed by atoms with Gasteiger partial charge in [0.1, 0.15) is 17.8 Å². The molecule has 10 nitrogen and oxygen atoms in total. The first kappa shape index (κ1) is 17.2. The predicted octanol–water partition coefficient (Wildman–Crippen LogP) is 0.960. The molecule has 3 aromatic rings. The van der Waals surface area contributed by atoms with Gasteiger partial charge in [-0.05, 0) is 24.3 Å². The summed E-state index contributed by atoms with van der Waals surface area (Å²) in [4.78, 5) is 20.6. The average molecular weight is 389 g/mol. The zero-order valence-corrected chi connectivity index (χ0v) is 15.0.